The maximum absolute atomic E-state index is 10.6. The number of hydrogen-bond acceptors (Lipinski definition) is 2. The zero-order chi connectivity index (χ0) is 15.2. The van der Waals surface area contributed by atoms with Crippen LogP contribution in [-0.4, -0.2) is 26.6 Å². The summed E-state index contributed by atoms with van der Waals surface area (Å²) < 4.78 is 5.94. The summed E-state index contributed by atoms with van der Waals surface area (Å²) in [6.45, 7) is 13.7. The summed E-state index contributed by atoms with van der Waals surface area (Å²) in [5, 5.41) is 0. The second-order valence-electron chi connectivity index (χ2n) is 7.40. The minimum Gasteiger partial charge on any atom is -0.370 e. The molecule has 1 heterocycles. The summed E-state index contributed by atoms with van der Waals surface area (Å²) in [6, 6.07) is 1.22. The van der Waals surface area contributed by atoms with Crippen LogP contribution in [0.25, 0.3) is 0 Å². The zero-order valence-corrected chi connectivity index (χ0v) is 14.5. The van der Waals surface area contributed by atoms with Crippen molar-refractivity contribution in [3.8, 4) is 0 Å². The van der Waals surface area contributed by atoms with Crippen molar-refractivity contribution in [2.45, 2.75) is 70.5 Å². The van der Waals surface area contributed by atoms with Crippen molar-refractivity contribution < 1.29 is 9.53 Å². The molecule has 0 aromatic carbocycles. The Labute approximate surface area is 125 Å². The van der Waals surface area contributed by atoms with Gasteiger partial charge in [0.2, 0.25) is 0 Å². The van der Waals surface area contributed by atoms with Crippen LogP contribution in [0.3, 0.4) is 0 Å². The van der Waals surface area contributed by atoms with Gasteiger partial charge in [0.25, 0.3) is 0 Å². The topological polar surface area (TPSA) is 26.3 Å². The van der Waals surface area contributed by atoms with Gasteiger partial charge in [-0.05, 0) is 31.2 Å². The van der Waals surface area contributed by atoms with Crippen LogP contribution in [0.5, 0.6) is 0 Å². The van der Waals surface area contributed by atoms with E-state index in [2.05, 4.69) is 39.2 Å². The van der Waals surface area contributed by atoms with Crippen LogP contribution >= 0.6 is 0 Å². The van der Waals surface area contributed by atoms with Crippen LogP contribution in [0.4, 0.5) is 0 Å². The molecular formula is C17H30O2Si. The largest absolute Gasteiger partial charge is 0.370 e. The van der Waals surface area contributed by atoms with Gasteiger partial charge >= 0.3 is 0 Å². The summed E-state index contributed by atoms with van der Waals surface area (Å²) in [7, 11) is -1.04. The molecule has 1 rings (SSSR count). The molecule has 0 unspecified atom stereocenters. The van der Waals surface area contributed by atoms with Crippen molar-refractivity contribution in [2.24, 2.45) is 5.92 Å². The highest BCUT2D eigenvalue weighted by molar-refractivity contribution is 6.76. The van der Waals surface area contributed by atoms with Crippen LogP contribution in [0, 0.1) is 5.92 Å². The summed E-state index contributed by atoms with van der Waals surface area (Å²) in [5.74, 6) is 0.604. The van der Waals surface area contributed by atoms with Gasteiger partial charge in [-0.25, -0.2) is 0 Å². The molecule has 1 aliphatic heterocycles. The van der Waals surface area contributed by atoms with Crippen LogP contribution in [0.15, 0.2) is 24.3 Å². The smallest absolute Gasteiger partial charge is 0.122 e. The average Bonchev–Trinajstić information content (AvgIpc) is 2.26. The number of ether oxygens (including phenoxy) is 1. The molecule has 1 aliphatic rings. The molecule has 0 amide bonds. The third-order valence-electron chi connectivity index (χ3n) is 3.53. The van der Waals surface area contributed by atoms with Crippen LogP contribution in [0.1, 0.15) is 32.6 Å². The van der Waals surface area contributed by atoms with Gasteiger partial charge in [-0.1, -0.05) is 44.3 Å². The Morgan fingerprint density at radius 3 is 2.80 bits per heavy atom. The molecule has 2 nitrogen and oxygen atoms in total. The first-order chi connectivity index (χ1) is 9.30. The Balaban J connectivity index is 2.35. The van der Waals surface area contributed by atoms with E-state index in [1.165, 1.54) is 11.6 Å². The number of aldehydes is 1. The predicted octanol–water partition coefficient (Wildman–Crippen LogP) is 4.60. The van der Waals surface area contributed by atoms with E-state index in [9.17, 15) is 4.79 Å². The van der Waals surface area contributed by atoms with Crippen molar-refractivity contribution in [2.75, 3.05) is 0 Å². The molecule has 0 aliphatic carbocycles. The standard InChI is InChI=1S/C17H30O2Si/c1-14(11-15(2)13-20(3,4)5)12-17-8-6-7-16(19-17)9-10-18/h6-7,10,14,16-17H,2,8-9,11-13H2,1,3-5H3/t14-,16+,17+/m1/s1. The number of rotatable bonds is 8. The van der Waals surface area contributed by atoms with Crippen molar-refractivity contribution >= 4 is 14.4 Å². The van der Waals surface area contributed by atoms with Gasteiger partial charge in [0.1, 0.15) is 6.29 Å². The Hall–Kier alpha value is -0.673. The van der Waals surface area contributed by atoms with Gasteiger partial charge in [0.05, 0.1) is 12.2 Å². The molecule has 0 fully saturated rings. The molecule has 3 heteroatoms. The fourth-order valence-electron chi connectivity index (χ4n) is 2.96. The number of allylic oxidation sites excluding steroid dienone is 1. The molecule has 0 spiro atoms. The summed E-state index contributed by atoms with van der Waals surface area (Å²) in [4.78, 5) is 10.6. The minimum absolute atomic E-state index is 0.0105. The monoisotopic (exact) mass is 294 g/mol. The quantitative estimate of drug-likeness (QED) is 0.371. The average molecular weight is 295 g/mol. The maximum Gasteiger partial charge on any atom is 0.122 e. The summed E-state index contributed by atoms with van der Waals surface area (Å²) >= 11 is 0. The normalized spacial score (nSPS) is 24.4. The van der Waals surface area contributed by atoms with Crippen molar-refractivity contribution in [3.63, 3.8) is 0 Å². The number of carbonyl (C=O) groups excluding carboxylic acids is 1. The molecular weight excluding hydrogens is 264 g/mol. The Bertz CT molecular complexity index is 354. The van der Waals surface area contributed by atoms with E-state index < -0.39 is 8.07 Å². The molecule has 0 aromatic heterocycles. The first kappa shape index (κ1) is 17.4. The molecule has 0 radical (unpaired) electrons. The Kier molecular flexibility index (Phi) is 6.90. The lowest BCUT2D eigenvalue weighted by molar-refractivity contribution is -0.111. The van der Waals surface area contributed by atoms with Crippen molar-refractivity contribution in [1.82, 2.24) is 0 Å². The maximum atomic E-state index is 10.6. The van der Waals surface area contributed by atoms with Gasteiger partial charge in [0, 0.05) is 14.5 Å². The first-order valence-corrected chi connectivity index (χ1v) is 11.4. The molecule has 0 aromatic rings. The van der Waals surface area contributed by atoms with E-state index in [4.69, 9.17) is 4.74 Å². The molecule has 20 heavy (non-hydrogen) atoms. The van der Waals surface area contributed by atoms with Crippen LogP contribution in [0.2, 0.25) is 25.7 Å². The van der Waals surface area contributed by atoms with E-state index in [0.717, 1.165) is 25.5 Å². The van der Waals surface area contributed by atoms with Gasteiger partial charge in [-0.2, -0.15) is 0 Å². The Morgan fingerprint density at radius 2 is 2.20 bits per heavy atom. The van der Waals surface area contributed by atoms with Crippen LogP contribution < -0.4 is 0 Å². The fraction of sp³-hybridized carbons (Fsp3) is 0.706. The lowest BCUT2D eigenvalue weighted by Crippen LogP contribution is -2.26. The van der Waals surface area contributed by atoms with Gasteiger partial charge < -0.3 is 9.53 Å². The first-order valence-electron chi connectivity index (χ1n) is 7.72. The summed E-state index contributed by atoms with van der Waals surface area (Å²) in [5.41, 5.74) is 1.40. The zero-order valence-electron chi connectivity index (χ0n) is 13.5. The highest BCUT2D eigenvalue weighted by Crippen LogP contribution is 2.26. The van der Waals surface area contributed by atoms with Crippen molar-refractivity contribution in [3.05, 3.63) is 24.3 Å². The van der Waals surface area contributed by atoms with E-state index in [1.54, 1.807) is 0 Å². The molecule has 3 atom stereocenters. The lowest BCUT2D eigenvalue weighted by Gasteiger charge is -2.28. The highest BCUT2D eigenvalue weighted by Gasteiger charge is 2.21. The second-order valence-corrected chi connectivity index (χ2v) is 12.9. The molecule has 0 N–H and O–H groups in total. The van der Waals surface area contributed by atoms with E-state index in [1.807, 2.05) is 6.08 Å². The van der Waals surface area contributed by atoms with E-state index in [-0.39, 0.29) is 12.2 Å². The summed E-state index contributed by atoms with van der Waals surface area (Å²) in [6.07, 6.45) is 8.98. The highest BCUT2D eigenvalue weighted by atomic mass is 28.3. The molecule has 0 bridgehead atoms. The van der Waals surface area contributed by atoms with Gasteiger partial charge in [0.15, 0.2) is 0 Å². The molecule has 114 valence electrons. The predicted molar refractivity (Wildman–Crippen MR) is 88.8 cm³/mol. The molecule has 0 saturated carbocycles. The molecule has 0 saturated heterocycles. The van der Waals surface area contributed by atoms with Crippen LogP contribution in [-0.2, 0) is 9.53 Å². The van der Waals surface area contributed by atoms with Crippen molar-refractivity contribution in [1.29, 1.82) is 0 Å². The van der Waals surface area contributed by atoms with Gasteiger partial charge in [-0.15, -0.1) is 6.58 Å². The van der Waals surface area contributed by atoms with Gasteiger partial charge in [-0.3, -0.25) is 0 Å². The van der Waals surface area contributed by atoms with E-state index >= 15 is 0 Å². The number of carbonyl (C=O) groups is 1. The number of hydrogen-bond donors (Lipinski definition) is 0. The Morgan fingerprint density at radius 1 is 1.50 bits per heavy atom. The minimum atomic E-state index is -1.04. The lowest BCUT2D eigenvalue weighted by atomic mass is 9.94. The SMILES string of the molecule is C=C(C[C@@H](C)C[C@@H]1CC=C[C@@H](CC=O)O1)C[Si](C)(C)C. The van der Waals surface area contributed by atoms with E-state index in [0.29, 0.717) is 12.3 Å². The fourth-order valence-corrected chi connectivity index (χ4v) is 4.60. The second kappa shape index (κ2) is 7.94. The third-order valence-corrected chi connectivity index (χ3v) is 5.09. The third kappa shape index (κ3) is 7.20.